The van der Waals surface area contributed by atoms with Crippen LogP contribution in [0.4, 0.5) is 13.2 Å². The molecule has 0 unspecified atom stereocenters. The van der Waals surface area contributed by atoms with E-state index in [9.17, 15) is 18.0 Å². The maximum atomic E-state index is 15.0. The van der Waals surface area contributed by atoms with Gasteiger partial charge in [-0.05, 0) is 46.9 Å². The van der Waals surface area contributed by atoms with E-state index in [0.717, 1.165) is 24.1 Å². The van der Waals surface area contributed by atoms with Crippen LogP contribution in [-0.4, -0.2) is 6.29 Å². The van der Waals surface area contributed by atoms with Crippen LogP contribution in [0.3, 0.4) is 0 Å². The summed E-state index contributed by atoms with van der Waals surface area (Å²) in [6.45, 7) is 1.98. The Morgan fingerprint density at radius 3 is 2.19 bits per heavy atom. The molecule has 0 heterocycles. The summed E-state index contributed by atoms with van der Waals surface area (Å²) >= 11 is 0. The first-order chi connectivity index (χ1) is 13.0. The van der Waals surface area contributed by atoms with Crippen molar-refractivity contribution >= 4 is 6.29 Å². The highest BCUT2D eigenvalue weighted by atomic mass is 19.1. The van der Waals surface area contributed by atoms with E-state index in [2.05, 4.69) is 0 Å². The Bertz CT molecular complexity index is 1070. The SMILES string of the molecule is CCc1ccc(-c2c(-c3ccc(C#N)c(F)c3)cc(F)c(C=O)c2F)cc1. The lowest BCUT2D eigenvalue weighted by molar-refractivity contribution is 0.111. The fraction of sp³-hybridized carbons (Fsp3) is 0.0909. The van der Waals surface area contributed by atoms with Crippen LogP contribution in [0.5, 0.6) is 0 Å². The van der Waals surface area contributed by atoms with E-state index in [0.29, 0.717) is 5.56 Å². The zero-order chi connectivity index (χ0) is 19.6. The smallest absolute Gasteiger partial charge is 0.155 e. The predicted molar refractivity (Wildman–Crippen MR) is 96.7 cm³/mol. The van der Waals surface area contributed by atoms with E-state index in [1.807, 2.05) is 19.1 Å². The highest BCUT2D eigenvalue weighted by molar-refractivity contribution is 5.89. The fourth-order valence-corrected chi connectivity index (χ4v) is 2.93. The Kier molecular flexibility index (Phi) is 5.09. The van der Waals surface area contributed by atoms with E-state index in [-0.39, 0.29) is 28.5 Å². The average Bonchev–Trinajstić information content (AvgIpc) is 2.68. The van der Waals surface area contributed by atoms with Gasteiger partial charge in [0, 0.05) is 5.56 Å². The minimum absolute atomic E-state index is 0.00487. The number of nitrogens with zero attached hydrogens (tertiary/aromatic N) is 1. The van der Waals surface area contributed by atoms with E-state index in [1.54, 1.807) is 18.2 Å². The molecule has 2 nitrogen and oxygen atoms in total. The van der Waals surface area contributed by atoms with Gasteiger partial charge >= 0.3 is 0 Å². The third kappa shape index (κ3) is 3.34. The first-order valence-corrected chi connectivity index (χ1v) is 8.26. The molecule has 0 radical (unpaired) electrons. The van der Waals surface area contributed by atoms with Crippen LogP contribution in [0.25, 0.3) is 22.3 Å². The molecular weight excluding hydrogens is 351 g/mol. The standard InChI is InChI=1S/C22H14F3NO/c1-2-13-3-5-14(6-4-13)21-17(10-20(24)18(12-27)22(21)25)15-7-8-16(11-26)19(23)9-15/h3-10,12H,2H2,1H3. The van der Waals surface area contributed by atoms with Gasteiger partial charge in [0.25, 0.3) is 0 Å². The second-order valence-corrected chi connectivity index (χ2v) is 5.98. The van der Waals surface area contributed by atoms with Gasteiger partial charge in [-0.3, -0.25) is 4.79 Å². The largest absolute Gasteiger partial charge is 0.298 e. The summed E-state index contributed by atoms with van der Waals surface area (Å²) in [6, 6.07) is 13.4. The van der Waals surface area contributed by atoms with Crippen molar-refractivity contribution in [1.82, 2.24) is 0 Å². The van der Waals surface area contributed by atoms with Gasteiger partial charge in [-0.25, -0.2) is 13.2 Å². The van der Waals surface area contributed by atoms with Gasteiger partial charge in [0.2, 0.25) is 0 Å². The second-order valence-electron chi connectivity index (χ2n) is 5.98. The van der Waals surface area contributed by atoms with E-state index in [4.69, 9.17) is 5.26 Å². The number of hydrogen-bond acceptors (Lipinski definition) is 2. The molecule has 0 atom stereocenters. The normalized spacial score (nSPS) is 10.5. The fourth-order valence-electron chi connectivity index (χ4n) is 2.93. The molecule has 0 aliphatic heterocycles. The lowest BCUT2D eigenvalue weighted by Crippen LogP contribution is -2.01. The molecule has 0 bridgehead atoms. The van der Waals surface area contributed by atoms with Crippen LogP contribution in [0.1, 0.15) is 28.4 Å². The molecule has 0 fully saturated rings. The number of halogens is 3. The molecule has 5 heteroatoms. The number of aldehydes is 1. The summed E-state index contributed by atoms with van der Waals surface area (Å²) in [5.74, 6) is -2.83. The minimum Gasteiger partial charge on any atom is -0.298 e. The quantitative estimate of drug-likeness (QED) is 0.558. The number of hydrogen-bond donors (Lipinski definition) is 0. The Labute approximate surface area is 154 Å². The summed E-state index contributed by atoms with van der Waals surface area (Å²) < 4.78 is 43.3. The number of rotatable bonds is 4. The molecule has 3 aromatic rings. The van der Waals surface area contributed by atoms with Crippen molar-refractivity contribution in [3.8, 4) is 28.3 Å². The predicted octanol–water partition coefficient (Wildman–Crippen LogP) is 5.68. The van der Waals surface area contributed by atoms with Crippen LogP contribution in [0.15, 0.2) is 48.5 Å². The van der Waals surface area contributed by atoms with Crippen LogP contribution in [0.2, 0.25) is 0 Å². The average molecular weight is 365 g/mol. The topological polar surface area (TPSA) is 40.9 Å². The molecule has 0 saturated heterocycles. The Balaban J connectivity index is 2.31. The highest BCUT2D eigenvalue weighted by Gasteiger charge is 2.21. The van der Waals surface area contributed by atoms with Crippen molar-refractivity contribution in [2.75, 3.05) is 0 Å². The Hall–Kier alpha value is -3.39. The van der Waals surface area contributed by atoms with E-state index in [1.165, 1.54) is 12.1 Å². The molecule has 0 amide bonds. The van der Waals surface area contributed by atoms with Crippen molar-refractivity contribution in [3.63, 3.8) is 0 Å². The second kappa shape index (κ2) is 7.46. The van der Waals surface area contributed by atoms with Crippen LogP contribution in [0, 0.1) is 28.8 Å². The number of carbonyl (C=O) groups excluding carboxylic acids is 1. The van der Waals surface area contributed by atoms with Crippen molar-refractivity contribution in [3.05, 3.63) is 82.7 Å². The molecule has 0 aliphatic carbocycles. The Morgan fingerprint density at radius 2 is 1.63 bits per heavy atom. The summed E-state index contributed by atoms with van der Waals surface area (Å²) in [7, 11) is 0. The third-order valence-electron chi connectivity index (χ3n) is 4.42. The van der Waals surface area contributed by atoms with E-state index < -0.39 is 23.0 Å². The summed E-state index contributed by atoms with van der Waals surface area (Å²) in [5.41, 5.74) is 0.931. The first-order valence-electron chi connectivity index (χ1n) is 8.26. The molecule has 27 heavy (non-hydrogen) atoms. The lowest BCUT2D eigenvalue weighted by Gasteiger charge is -2.14. The monoisotopic (exact) mass is 365 g/mol. The van der Waals surface area contributed by atoms with Crippen molar-refractivity contribution in [2.24, 2.45) is 0 Å². The highest BCUT2D eigenvalue weighted by Crippen LogP contribution is 2.37. The van der Waals surface area contributed by atoms with Gasteiger partial charge in [0.05, 0.1) is 11.1 Å². The summed E-state index contributed by atoms with van der Waals surface area (Å²) in [4.78, 5) is 11.1. The molecule has 0 N–H and O–H groups in total. The minimum atomic E-state index is -1.03. The third-order valence-corrected chi connectivity index (χ3v) is 4.42. The molecular formula is C22H14F3NO. The van der Waals surface area contributed by atoms with Crippen LogP contribution in [-0.2, 0) is 6.42 Å². The van der Waals surface area contributed by atoms with Crippen LogP contribution >= 0.6 is 0 Å². The van der Waals surface area contributed by atoms with Gasteiger partial charge in [0.1, 0.15) is 23.5 Å². The van der Waals surface area contributed by atoms with Gasteiger partial charge in [0.15, 0.2) is 6.29 Å². The lowest BCUT2D eigenvalue weighted by atomic mass is 9.91. The van der Waals surface area contributed by atoms with Gasteiger partial charge < -0.3 is 0 Å². The maximum Gasteiger partial charge on any atom is 0.155 e. The number of carbonyl (C=O) groups is 1. The molecule has 3 rings (SSSR count). The summed E-state index contributed by atoms with van der Waals surface area (Å²) in [5, 5.41) is 8.87. The molecule has 0 spiro atoms. The first kappa shape index (κ1) is 18.4. The Morgan fingerprint density at radius 1 is 0.963 bits per heavy atom. The van der Waals surface area contributed by atoms with Gasteiger partial charge in [-0.2, -0.15) is 5.26 Å². The van der Waals surface area contributed by atoms with Gasteiger partial charge in [-0.1, -0.05) is 37.3 Å². The molecule has 0 saturated carbocycles. The zero-order valence-electron chi connectivity index (χ0n) is 14.4. The van der Waals surface area contributed by atoms with Crippen molar-refractivity contribution in [2.45, 2.75) is 13.3 Å². The van der Waals surface area contributed by atoms with Crippen molar-refractivity contribution < 1.29 is 18.0 Å². The maximum absolute atomic E-state index is 15.0. The molecule has 0 aliphatic rings. The number of nitriles is 1. The zero-order valence-corrected chi connectivity index (χ0v) is 14.4. The summed E-state index contributed by atoms with van der Waals surface area (Å²) in [6.07, 6.45) is 0.914. The van der Waals surface area contributed by atoms with E-state index >= 15 is 0 Å². The van der Waals surface area contributed by atoms with Crippen molar-refractivity contribution in [1.29, 1.82) is 5.26 Å². The number of aryl methyl sites for hydroxylation is 1. The number of benzene rings is 3. The molecule has 0 aromatic heterocycles. The van der Waals surface area contributed by atoms with Crippen LogP contribution < -0.4 is 0 Å². The molecule has 3 aromatic carbocycles. The van der Waals surface area contributed by atoms with Gasteiger partial charge in [-0.15, -0.1) is 0 Å². The molecule has 134 valence electrons.